The van der Waals surface area contributed by atoms with E-state index in [1.165, 1.54) is 0 Å². The standard InChI is InChI=1S/C16H23NO4S/c1-3-20-15(18)9-11-17-13-7-5-6-8-14(13)22-12-10-16(19)21-4-2/h5-8,17H,3-4,9-12H2,1-2H3. The van der Waals surface area contributed by atoms with E-state index in [0.29, 0.717) is 38.4 Å². The summed E-state index contributed by atoms with van der Waals surface area (Å²) < 4.78 is 9.79. The van der Waals surface area contributed by atoms with Crippen molar-refractivity contribution in [2.45, 2.75) is 31.6 Å². The van der Waals surface area contributed by atoms with Gasteiger partial charge in [-0.25, -0.2) is 0 Å². The molecule has 0 aliphatic carbocycles. The van der Waals surface area contributed by atoms with Gasteiger partial charge in [-0.3, -0.25) is 9.59 Å². The van der Waals surface area contributed by atoms with Crippen LogP contribution in [0.15, 0.2) is 29.2 Å². The third kappa shape index (κ3) is 7.36. The molecule has 1 aromatic rings. The zero-order valence-electron chi connectivity index (χ0n) is 13.1. The Labute approximate surface area is 135 Å². The fourth-order valence-corrected chi connectivity index (χ4v) is 2.71. The van der Waals surface area contributed by atoms with Crippen molar-refractivity contribution < 1.29 is 19.1 Å². The van der Waals surface area contributed by atoms with Gasteiger partial charge in [-0.05, 0) is 26.0 Å². The molecule has 0 saturated heterocycles. The molecule has 0 heterocycles. The number of thioether (sulfide) groups is 1. The molecule has 22 heavy (non-hydrogen) atoms. The van der Waals surface area contributed by atoms with Gasteiger partial charge in [-0.15, -0.1) is 11.8 Å². The molecule has 6 heteroatoms. The Kier molecular flexibility index (Phi) is 9.14. The first kappa shape index (κ1) is 18.4. The topological polar surface area (TPSA) is 64.6 Å². The molecule has 0 radical (unpaired) electrons. The molecule has 1 aromatic carbocycles. The number of anilines is 1. The minimum Gasteiger partial charge on any atom is -0.466 e. The van der Waals surface area contributed by atoms with Crippen molar-refractivity contribution in [1.29, 1.82) is 0 Å². The van der Waals surface area contributed by atoms with E-state index >= 15 is 0 Å². The molecular weight excluding hydrogens is 302 g/mol. The highest BCUT2D eigenvalue weighted by Gasteiger charge is 2.06. The first-order valence-electron chi connectivity index (χ1n) is 7.44. The zero-order valence-corrected chi connectivity index (χ0v) is 13.9. The number of nitrogens with one attached hydrogen (secondary N) is 1. The van der Waals surface area contributed by atoms with Crippen LogP contribution in [0.4, 0.5) is 5.69 Å². The summed E-state index contributed by atoms with van der Waals surface area (Å²) >= 11 is 1.59. The number of para-hydroxylation sites is 1. The summed E-state index contributed by atoms with van der Waals surface area (Å²) in [5.41, 5.74) is 0.959. The Morgan fingerprint density at radius 2 is 1.68 bits per heavy atom. The molecule has 0 aliphatic heterocycles. The molecule has 0 atom stereocenters. The van der Waals surface area contributed by atoms with E-state index in [1.54, 1.807) is 25.6 Å². The maximum absolute atomic E-state index is 11.3. The number of hydrogen-bond donors (Lipinski definition) is 1. The number of benzene rings is 1. The molecule has 0 aromatic heterocycles. The van der Waals surface area contributed by atoms with Crippen LogP contribution in [0.5, 0.6) is 0 Å². The molecule has 0 saturated carbocycles. The Morgan fingerprint density at radius 3 is 2.36 bits per heavy atom. The molecule has 1 N–H and O–H groups in total. The molecule has 0 aliphatic rings. The Balaban J connectivity index is 2.41. The number of ether oxygens (including phenoxy) is 2. The highest BCUT2D eigenvalue weighted by molar-refractivity contribution is 7.99. The van der Waals surface area contributed by atoms with Crippen molar-refractivity contribution in [3.05, 3.63) is 24.3 Å². The molecular formula is C16H23NO4S. The van der Waals surface area contributed by atoms with Gasteiger partial charge >= 0.3 is 11.9 Å². The highest BCUT2D eigenvalue weighted by Crippen LogP contribution is 2.27. The fourth-order valence-electron chi connectivity index (χ4n) is 1.75. The van der Waals surface area contributed by atoms with Gasteiger partial charge in [0, 0.05) is 22.9 Å². The van der Waals surface area contributed by atoms with Gasteiger partial charge in [0.25, 0.3) is 0 Å². The summed E-state index contributed by atoms with van der Waals surface area (Å²) in [7, 11) is 0. The van der Waals surface area contributed by atoms with Crippen molar-refractivity contribution in [3.8, 4) is 0 Å². The van der Waals surface area contributed by atoms with Gasteiger partial charge in [0.1, 0.15) is 0 Å². The first-order valence-corrected chi connectivity index (χ1v) is 8.42. The van der Waals surface area contributed by atoms with Crippen LogP contribution in [0.2, 0.25) is 0 Å². The van der Waals surface area contributed by atoms with Crippen LogP contribution in [0.25, 0.3) is 0 Å². The van der Waals surface area contributed by atoms with Crippen LogP contribution >= 0.6 is 11.8 Å². The minimum absolute atomic E-state index is 0.178. The van der Waals surface area contributed by atoms with Crippen molar-refractivity contribution >= 4 is 29.4 Å². The summed E-state index contributed by atoms with van der Waals surface area (Å²) in [6, 6.07) is 7.83. The third-order valence-electron chi connectivity index (χ3n) is 2.71. The number of carbonyl (C=O) groups excluding carboxylic acids is 2. The third-order valence-corrected chi connectivity index (χ3v) is 3.78. The smallest absolute Gasteiger partial charge is 0.307 e. The van der Waals surface area contributed by atoms with Gasteiger partial charge in [-0.1, -0.05) is 12.1 Å². The highest BCUT2D eigenvalue weighted by atomic mass is 32.2. The lowest BCUT2D eigenvalue weighted by atomic mass is 10.3. The summed E-state index contributed by atoms with van der Waals surface area (Å²) in [6.07, 6.45) is 0.714. The Hall–Kier alpha value is -1.69. The number of hydrogen-bond acceptors (Lipinski definition) is 6. The van der Waals surface area contributed by atoms with E-state index in [-0.39, 0.29) is 11.9 Å². The average Bonchev–Trinajstić information content (AvgIpc) is 2.49. The van der Waals surface area contributed by atoms with Gasteiger partial charge in [-0.2, -0.15) is 0 Å². The normalized spacial score (nSPS) is 10.1. The molecule has 0 fully saturated rings. The summed E-state index contributed by atoms with van der Waals surface area (Å²) in [6.45, 7) is 4.93. The number of esters is 2. The van der Waals surface area contributed by atoms with E-state index < -0.39 is 0 Å². The minimum atomic E-state index is -0.206. The maximum atomic E-state index is 11.3. The van der Waals surface area contributed by atoms with Gasteiger partial charge in [0.05, 0.1) is 26.1 Å². The number of rotatable bonds is 10. The summed E-state index contributed by atoms with van der Waals surface area (Å²) in [5, 5.41) is 3.23. The maximum Gasteiger partial charge on any atom is 0.307 e. The van der Waals surface area contributed by atoms with E-state index in [4.69, 9.17) is 9.47 Å². The molecule has 0 spiro atoms. The van der Waals surface area contributed by atoms with E-state index in [9.17, 15) is 9.59 Å². The molecule has 122 valence electrons. The predicted molar refractivity (Wildman–Crippen MR) is 88.2 cm³/mol. The van der Waals surface area contributed by atoms with Crippen molar-refractivity contribution in [1.82, 2.24) is 0 Å². The first-order chi connectivity index (χ1) is 10.7. The van der Waals surface area contributed by atoms with Gasteiger partial charge in [0.2, 0.25) is 0 Å². The monoisotopic (exact) mass is 325 g/mol. The lowest BCUT2D eigenvalue weighted by Crippen LogP contribution is -2.11. The van der Waals surface area contributed by atoms with Crippen molar-refractivity contribution in [2.24, 2.45) is 0 Å². The van der Waals surface area contributed by atoms with Crippen LogP contribution < -0.4 is 5.32 Å². The second-order valence-electron chi connectivity index (χ2n) is 4.38. The molecule has 0 bridgehead atoms. The van der Waals surface area contributed by atoms with E-state index in [0.717, 1.165) is 10.6 Å². The van der Waals surface area contributed by atoms with Crippen LogP contribution in [-0.2, 0) is 19.1 Å². The van der Waals surface area contributed by atoms with Crippen molar-refractivity contribution in [2.75, 3.05) is 30.8 Å². The van der Waals surface area contributed by atoms with Gasteiger partial charge < -0.3 is 14.8 Å². The zero-order chi connectivity index (χ0) is 16.2. The van der Waals surface area contributed by atoms with Crippen LogP contribution in [0, 0.1) is 0 Å². The molecule has 0 unspecified atom stereocenters. The quantitative estimate of drug-likeness (QED) is 0.527. The predicted octanol–water partition coefficient (Wildman–Crippen LogP) is 3.10. The lowest BCUT2D eigenvalue weighted by molar-refractivity contribution is -0.143. The summed E-state index contributed by atoms with van der Waals surface area (Å²) in [5.74, 6) is 0.278. The fraction of sp³-hybridized carbons (Fsp3) is 0.500. The second-order valence-corrected chi connectivity index (χ2v) is 5.52. The van der Waals surface area contributed by atoms with E-state index in [2.05, 4.69) is 5.32 Å². The van der Waals surface area contributed by atoms with Crippen LogP contribution in [-0.4, -0.2) is 37.4 Å². The molecule has 0 amide bonds. The molecule has 5 nitrogen and oxygen atoms in total. The Morgan fingerprint density at radius 1 is 1.05 bits per heavy atom. The van der Waals surface area contributed by atoms with Gasteiger partial charge in [0.15, 0.2) is 0 Å². The second kappa shape index (κ2) is 11.0. The average molecular weight is 325 g/mol. The van der Waals surface area contributed by atoms with Crippen molar-refractivity contribution in [3.63, 3.8) is 0 Å². The Bertz CT molecular complexity index is 436. The SMILES string of the molecule is CCOC(=O)CCNc1ccccc1SCCC(=O)OCC. The van der Waals surface area contributed by atoms with E-state index in [1.807, 2.05) is 24.3 Å². The largest absolute Gasteiger partial charge is 0.466 e. The summed E-state index contributed by atoms with van der Waals surface area (Å²) in [4.78, 5) is 23.7. The lowest BCUT2D eigenvalue weighted by Gasteiger charge is -2.11. The molecule has 1 rings (SSSR count). The van der Waals surface area contributed by atoms with Crippen LogP contribution in [0.3, 0.4) is 0 Å². The number of carbonyl (C=O) groups is 2. The van der Waals surface area contributed by atoms with Crippen LogP contribution in [0.1, 0.15) is 26.7 Å².